The molecule has 0 bridgehead atoms. The van der Waals surface area contributed by atoms with Crippen molar-refractivity contribution in [1.82, 2.24) is 15.3 Å². The number of thioether (sulfide) groups is 1. The minimum atomic E-state index is -0.290. The molecule has 0 radical (unpaired) electrons. The summed E-state index contributed by atoms with van der Waals surface area (Å²) in [6, 6.07) is 14.5. The molecule has 31 heavy (non-hydrogen) atoms. The summed E-state index contributed by atoms with van der Waals surface area (Å²) in [6.45, 7) is 0.549. The molecule has 160 valence electrons. The van der Waals surface area contributed by atoms with E-state index in [1.165, 1.54) is 17.8 Å². The van der Waals surface area contributed by atoms with Crippen LogP contribution in [0, 0.1) is 0 Å². The summed E-state index contributed by atoms with van der Waals surface area (Å²) in [5.74, 6) is 2.52. The van der Waals surface area contributed by atoms with Crippen molar-refractivity contribution in [2.75, 3.05) is 13.9 Å². The second-order valence-corrected chi connectivity index (χ2v) is 7.79. The van der Waals surface area contributed by atoms with Crippen LogP contribution in [-0.2, 0) is 23.5 Å². The maximum atomic E-state index is 12.4. The Labute approximate surface area is 183 Å². The van der Waals surface area contributed by atoms with Crippen LogP contribution in [0.25, 0.3) is 0 Å². The van der Waals surface area contributed by atoms with E-state index >= 15 is 0 Å². The molecule has 2 N–H and O–H groups in total. The van der Waals surface area contributed by atoms with E-state index in [4.69, 9.17) is 14.2 Å². The van der Waals surface area contributed by atoms with Crippen molar-refractivity contribution < 1.29 is 19.0 Å². The van der Waals surface area contributed by atoms with E-state index in [9.17, 15) is 9.59 Å². The molecule has 2 aromatic carbocycles. The summed E-state index contributed by atoms with van der Waals surface area (Å²) >= 11 is 1.39. The Balaban J connectivity index is 1.34. The first-order valence-corrected chi connectivity index (χ1v) is 10.6. The van der Waals surface area contributed by atoms with Crippen molar-refractivity contribution in [3.05, 3.63) is 75.7 Å². The number of carbonyl (C=O) groups excluding carboxylic acids is 1. The van der Waals surface area contributed by atoms with Gasteiger partial charge in [0.2, 0.25) is 12.7 Å². The van der Waals surface area contributed by atoms with E-state index in [2.05, 4.69) is 15.3 Å². The molecule has 2 heterocycles. The number of amides is 1. The molecule has 4 rings (SSSR count). The molecule has 1 aromatic heterocycles. The minimum Gasteiger partial charge on any atom is -0.497 e. The topological polar surface area (TPSA) is 103 Å². The van der Waals surface area contributed by atoms with E-state index in [0.29, 0.717) is 34.6 Å². The van der Waals surface area contributed by atoms with Crippen LogP contribution in [-0.4, -0.2) is 29.8 Å². The van der Waals surface area contributed by atoms with Crippen LogP contribution in [0.2, 0.25) is 0 Å². The number of nitrogens with one attached hydrogen (secondary N) is 2. The average molecular weight is 439 g/mol. The summed E-state index contributed by atoms with van der Waals surface area (Å²) in [7, 11) is 1.62. The molecule has 0 spiro atoms. The van der Waals surface area contributed by atoms with E-state index in [0.717, 1.165) is 16.9 Å². The number of hydrogen-bond acceptors (Lipinski definition) is 7. The molecule has 0 saturated heterocycles. The zero-order chi connectivity index (χ0) is 21.6. The van der Waals surface area contributed by atoms with Crippen LogP contribution in [0.3, 0.4) is 0 Å². The smallest absolute Gasteiger partial charge is 0.251 e. The first kappa shape index (κ1) is 20.8. The summed E-state index contributed by atoms with van der Waals surface area (Å²) in [5.41, 5.74) is 2.06. The number of aromatic nitrogens is 2. The van der Waals surface area contributed by atoms with Gasteiger partial charge in [0.1, 0.15) is 5.75 Å². The third kappa shape index (κ3) is 5.58. The van der Waals surface area contributed by atoms with Crippen molar-refractivity contribution >= 4 is 17.7 Å². The Kier molecular flexibility index (Phi) is 6.42. The van der Waals surface area contributed by atoms with E-state index < -0.39 is 0 Å². The number of H-pyrrole nitrogens is 1. The lowest BCUT2D eigenvalue weighted by Gasteiger charge is -2.07. The highest BCUT2D eigenvalue weighted by Gasteiger charge is 2.14. The van der Waals surface area contributed by atoms with Gasteiger partial charge in [0.15, 0.2) is 16.7 Å². The summed E-state index contributed by atoms with van der Waals surface area (Å²) in [5, 5.41) is 3.31. The fourth-order valence-corrected chi connectivity index (χ4v) is 3.87. The molecule has 0 unspecified atom stereocenters. The lowest BCUT2D eigenvalue weighted by molar-refractivity contribution is -0.120. The number of carbonyl (C=O) groups is 1. The van der Waals surface area contributed by atoms with Crippen molar-refractivity contribution in [1.29, 1.82) is 0 Å². The third-order valence-electron chi connectivity index (χ3n) is 4.55. The zero-order valence-corrected chi connectivity index (χ0v) is 17.7. The number of methoxy groups -OCH3 is 1. The molecule has 1 aliphatic rings. The van der Waals surface area contributed by atoms with Gasteiger partial charge in [-0.3, -0.25) is 9.59 Å². The molecule has 1 aliphatic heterocycles. The van der Waals surface area contributed by atoms with Gasteiger partial charge < -0.3 is 24.5 Å². The number of fused-ring (bicyclic) bond motifs is 1. The Bertz CT molecular complexity index is 1150. The third-order valence-corrected chi connectivity index (χ3v) is 5.50. The normalized spacial score (nSPS) is 11.9. The maximum Gasteiger partial charge on any atom is 0.251 e. The van der Waals surface area contributed by atoms with Gasteiger partial charge in [-0.05, 0) is 35.4 Å². The number of benzene rings is 2. The van der Waals surface area contributed by atoms with Crippen LogP contribution in [0.5, 0.6) is 17.2 Å². The summed E-state index contributed by atoms with van der Waals surface area (Å²) < 4.78 is 15.8. The van der Waals surface area contributed by atoms with Gasteiger partial charge in [0.25, 0.3) is 5.56 Å². The second-order valence-electron chi connectivity index (χ2n) is 6.82. The number of ether oxygens (including phenoxy) is 3. The van der Waals surface area contributed by atoms with Crippen LogP contribution in [0.15, 0.2) is 58.5 Å². The second kappa shape index (κ2) is 9.57. The average Bonchev–Trinajstić information content (AvgIpc) is 3.24. The fraction of sp³-hybridized carbons (Fsp3) is 0.227. The Morgan fingerprint density at radius 1 is 1.16 bits per heavy atom. The quantitative estimate of drug-likeness (QED) is 0.411. The van der Waals surface area contributed by atoms with Gasteiger partial charge in [0, 0.05) is 18.4 Å². The predicted molar refractivity (Wildman–Crippen MR) is 116 cm³/mol. The van der Waals surface area contributed by atoms with Gasteiger partial charge in [0.05, 0.1) is 19.2 Å². The Morgan fingerprint density at radius 3 is 2.90 bits per heavy atom. The minimum absolute atomic E-state index is 0.0151. The molecule has 3 aromatic rings. The fourth-order valence-electron chi connectivity index (χ4n) is 3.03. The molecular formula is C22H21N3O5S. The lowest BCUT2D eigenvalue weighted by atomic mass is 10.2. The van der Waals surface area contributed by atoms with E-state index in [1.54, 1.807) is 7.11 Å². The molecule has 8 nitrogen and oxygen atoms in total. The zero-order valence-electron chi connectivity index (χ0n) is 16.8. The SMILES string of the molecule is COc1cccc(CSc2nc(CC(=O)NCc3ccc4c(c3)OCO4)cc(=O)[nH]2)c1. The number of aromatic amines is 1. The van der Waals surface area contributed by atoms with Crippen molar-refractivity contribution in [3.63, 3.8) is 0 Å². The Morgan fingerprint density at radius 2 is 2.03 bits per heavy atom. The summed E-state index contributed by atoms with van der Waals surface area (Å²) in [4.78, 5) is 31.5. The standard InChI is InChI=1S/C22H21N3O5S/c1-28-17-4-2-3-15(7-17)12-31-22-24-16(10-21(27)25-22)9-20(26)23-11-14-5-6-18-19(8-14)30-13-29-18/h2-8,10H,9,11-13H2,1H3,(H,23,26)(H,24,25,27). The van der Waals surface area contributed by atoms with E-state index in [-0.39, 0.29) is 24.7 Å². The van der Waals surface area contributed by atoms with Gasteiger partial charge in [-0.15, -0.1) is 0 Å². The molecule has 0 saturated carbocycles. The highest BCUT2D eigenvalue weighted by atomic mass is 32.2. The number of hydrogen-bond donors (Lipinski definition) is 2. The molecule has 0 atom stereocenters. The molecule has 1 amide bonds. The highest BCUT2D eigenvalue weighted by Crippen LogP contribution is 2.32. The number of nitrogens with zero attached hydrogens (tertiary/aromatic N) is 1. The van der Waals surface area contributed by atoms with Gasteiger partial charge in [-0.25, -0.2) is 4.98 Å². The largest absolute Gasteiger partial charge is 0.497 e. The van der Waals surface area contributed by atoms with Gasteiger partial charge >= 0.3 is 0 Å². The van der Waals surface area contributed by atoms with Crippen LogP contribution < -0.4 is 25.1 Å². The van der Waals surface area contributed by atoms with Gasteiger partial charge in [-0.1, -0.05) is 30.0 Å². The first-order chi connectivity index (χ1) is 15.1. The molecular weight excluding hydrogens is 418 g/mol. The van der Waals surface area contributed by atoms with Crippen LogP contribution >= 0.6 is 11.8 Å². The van der Waals surface area contributed by atoms with Crippen molar-refractivity contribution in [2.45, 2.75) is 23.9 Å². The summed E-state index contributed by atoms with van der Waals surface area (Å²) in [6.07, 6.45) is 0.0151. The Hall–Kier alpha value is -3.46. The van der Waals surface area contributed by atoms with E-state index in [1.807, 2.05) is 42.5 Å². The first-order valence-electron chi connectivity index (χ1n) is 9.60. The van der Waals surface area contributed by atoms with Gasteiger partial charge in [-0.2, -0.15) is 0 Å². The van der Waals surface area contributed by atoms with Crippen molar-refractivity contribution in [3.8, 4) is 17.2 Å². The van der Waals surface area contributed by atoms with Crippen LogP contribution in [0.4, 0.5) is 0 Å². The molecule has 0 aliphatic carbocycles. The lowest BCUT2D eigenvalue weighted by Crippen LogP contribution is -2.25. The molecule has 0 fully saturated rings. The van der Waals surface area contributed by atoms with Crippen LogP contribution in [0.1, 0.15) is 16.8 Å². The molecule has 9 heteroatoms. The maximum absolute atomic E-state index is 12.4. The highest BCUT2D eigenvalue weighted by molar-refractivity contribution is 7.98. The predicted octanol–water partition coefficient (Wildman–Crippen LogP) is 2.66. The number of rotatable bonds is 8. The van der Waals surface area contributed by atoms with Crippen molar-refractivity contribution in [2.24, 2.45) is 0 Å². The monoisotopic (exact) mass is 439 g/mol.